The van der Waals surface area contributed by atoms with Crippen LogP contribution in [0.4, 0.5) is 0 Å². The lowest BCUT2D eigenvalue weighted by atomic mass is 10.0. The van der Waals surface area contributed by atoms with Gasteiger partial charge in [0.2, 0.25) is 0 Å². The summed E-state index contributed by atoms with van der Waals surface area (Å²) in [6.07, 6.45) is 7.76. The second-order valence-corrected chi connectivity index (χ2v) is 11.1. The molecular weight excluding hydrogens is 526 g/mol. The average molecular weight is 550 g/mol. The highest BCUT2D eigenvalue weighted by Gasteiger charge is 2.22. The van der Waals surface area contributed by atoms with Gasteiger partial charge in [0.1, 0.15) is 5.65 Å². The molecule has 200 valence electrons. The van der Waals surface area contributed by atoms with Crippen molar-refractivity contribution in [2.75, 3.05) is 0 Å². The third-order valence-electron chi connectivity index (χ3n) is 8.96. The van der Waals surface area contributed by atoms with E-state index in [0.29, 0.717) is 0 Å². The fraction of sp³-hybridized carbons (Fsp3) is 0. The maximum absolute atomic E-state index is 4.73. The Kier molecular flexibility index (Phi) is 4.39. The van der Waals surface area contributed by atoms with Gasteiger partial charge in [-0.15, -0.1) is 0 Å². The molecule has 0 radical (unpaired) electrons. The van der Waals surface area contributed by atoms with Gasteiger partial charge < -0.3 is 9.13 Å². The number of hydrogen-bond donors (Lipinski definition) is 0. The predicted octanol–water partition coefficient (Wildman–Crippen LogP) is 9.23. The second-order valence-electron chi connectivity index (χ2n) is 11.1. The van der Waals surface area contributed by atoms with Gasteiger partial charge in [-0.1, -0.05) is 60.7 Å². The molecule has 0 spiro atoms. The number of hydrogen-bond acceptors (Lipinski definition) is 2. The summed E-state index contributed by atoms with van der Waals surface area (Å²) in [6, 6.07) is 41.5. The first-order valence-electron chi connectivity index (χ1n) is 14.5. The molecule has 5 heterocycles. The SMILES string of the molecule is c1ccc(-n2c3ccccc3c3c2ccc2c4cc5c(cc4n(-c4ccccc4)c23)c2cnccc2c2nccn52)cc1. The van der Waals surface area contributed by atoms with Crippen molar-refractivity contribution in [1.29, 1.82) is 0 Å². The topological polar surface area (TPSA) is 40.0 Å². The van der Waals surface area contributed by atoms with Crippen molar-refractivity contribution in [1.82, 2.24) is 23.5 Å². The van der Waals surface area contributed by atoms with Gasteiger partial charge in [0.25, 0.3) is 0 Å². The maximum Gasteiger partial charge on any atom is 0.145 e. The summed E-state index contributed by atoms with van der Waals surface area (Å²) in [5.74, 6) is 0. The zero-order valence-electron chi connectivity index (χ0n) is 23.0. The van der Waals surface area contributed by atoms with E-state index in [1.807, 2.05) is 18.6 Å². The normalized spacial score (nSPS) is 12.2. The van der Waals surface area contributed by atoms with Crippen molar-refractivity contribution < 1.29 is 0 Å². The monoisotopic (exact) mass is 549 g/mol. The number of rotatable bonds is 2. The first kappa shape index (κ1) is 22.7. The molecule has 0 amide bonds. The molecular formula is C38H23N5. The third kappa shape index (κ3) is 2.95. The molecule has 10 aromatic rings. The van der Waals surface area contributed by atoms with Crippen LogP contribution >= 0.6 is 0 Å². The van der Waals surface area contributed by atoms with Gasteiger partial charge in [-0.25, -0.2) is 4.98 Å². The molecule has 5 heteroatoms. The van der Waals surface area contributed by atoms with Gasteiger partial charge in [-0.05, 0) is 54.6 Å². The minimum Gasteiger partial charge on any atom is -0.309 e. The Morgan fingerprint density at radius 2 is 1.19 bits per heavy atom. The predicted molar refractivity (Wildman–Crippen MR) is 177 cm³/mol. The van der Waals surface area contributed by atoms with E-state index in [1.165, 1.54) is 43.6 Å². The Balaban J connectivity index is 1.48. The molecule has 0 aliphatic rings. The summed E-state index contributed by atoms with van der Waals surface area (Å²) >= 11 is 0. The zero-order chi connectivity index (χ0) is 28.1. The van der Waals surface area contributed by atoms with E-state index in [1.54, 1.807) is 0 Å². The summed E-state index contributed by atoms with van der Waals surface area (Å²) in [5, 5.41) is 8.29. The average Bonchev–Trinajstić information content (AvgIpc) is 3.78. The Hall–Kier alpha value is -5.94. The van der Waals surface area contributed by atoms with Crippen LogP contribution in [-0.4, -0.2) is 23.5 Å². The molecule has 0 atom stereocenters. The standard InChI is InChI=1S/C38H23N5/c1-3-9-24(10-4-1)42-32-14-8-7-13-28(32)36-33(42)16-15-26-29-21-34-30(22-35(29)43(37(26)36)25-11-5-2-6-12-25)31-23-39-18-17-27(31)38-40-19-20-41(34)38/h1-23H. The van der Waals surface area contributed by atoms with Gasteiger partial charge in [-0.3, -0.25) is 9.38 Å². The second kappa shape index (κ2) is 8.30. The smallest absolute Gasteiger partial charge is 0.145 e. The lowest BCUT2D eigenvalue weighted by Crippen LogP contribution is -1.96. The fourth-order valence-electron chi connectivity index (χ4n) is 7.21. The molecule has 0 saturated heterocycles. The van der Waals surface area contributed by atoms with E-state index in [0.717, 1.165) is 38.7 Å². The molecule has 5 aromatic heterocycles. The van der Waals surface area contributed by atoms with E-state index in [4.69, 9.17) is 4.98 Å². The van der Waals surface area contributed by atoms with Crippen LogP contribution in [0.1, 0.15) is 0 Å². The lowest BCUT2D eigenvalue weighted by molar-refractivity contribution is 1.17. The highest BCUT2D eigenvalue weighted by Crippen LogP contribution is 2.43. The van der Waals surface area contributed by atoms with Crippen molar-refractivity contribution in [3.8, 4) is 11.4 Å². The molecule has 43 heavy (non-hydrogen) atoms. The van der Waals surface area contributed by atoms with Gasteiger partial charge in [-0.2, -0.15) is 0 Å². The molecule has 0 fully saturated rings. The van der Waals surface area contributed by atoms with Crippen LogP contribution in [-0.2, 0) is 0 Å². The number of imidazole rings is 1. The van der Waals surface area contributed by atoms with Crippen molar-refractivity contribution in [2.45, 2.75) is 0 Å². The summed E-state index contributed by atoms with van der Waals surface area (Å²) in [7, 11) is 0. The van der Waals surface area contributed by atoms with Gasteiger partial charge in [0, 0.05) is 73.9 Å². The quantitative estimate of drug-likeness (QED) is 0.202. The summed E-state index contributed by atoms with van der Waals surface area (Å²) < 4.78 is 7.05. The third-order valence-corrected chi connectivity index (χ3v) is 8.96. The van der Waals surface area contributed by atoms with E-state index in [2.05, 4.69) is 140 Å². The van der Waals surface area contributed by atoms with Crippen molar-refractivity contribution in [2.24, 2.45) is 0 Å². The fourth-order valence-corrected chi connectivity index (χ4v) is 7.21. The summed E-state index contributed by atoms with van der Waals surface area (Å²) in [4.78, 5) is 9.24. The Bertz CT molecular complexity index is 2710. The number of para-hydroxylation sites is 3. The molecule has 5 nitrogen and oxygen atoms in total. The molecule has 5 aromatic carbocycles. The van der Waals surface area contributed by atoms with Crippen molar-refractivity contribution >= 4 is 70.9 Å². The number of benzene rings is 5. The van der Waals surface area contributed by atoms with Crippen LogP contribution < -0.4 is 0 Å². The number of pyridine rings is 2. The van der Waals surface area contributed by atoms with Gasteiger partial charge >= 0.3 is 0 Å². The van der Waals surface area contributed by atoms with Gasteiger partial charge in [0.15, 0.2) is 0 Å². The first-order chi connectivity index (χ1) is 21.4. The highest BCUT2D eigenvalue weighted by atomic mass is 15.0. The van der Waals surface area contributed by atoms with Crippen molar-refractivity contribution in [3.63, 3.8) is 0 Å². The molecule has 10 rings (SSSR count). The molecule has 0 aliphatic heterocycles. The highest BCUT2D eigenvalue weighted by molar-refractivity contribution is 6.28. The molecule has 0 saturated carbocycles. The van der Waals surface area contributed by atoms with Gasteiger partial charge in [0.05, 0.1) is 27.6 Å². The Labute approximate surface area is 245 Å². The molecule has 0 N–H and O–H groups in total. The Morgan fingerprint density at radius 3 is 2.02 bits per heavy atom. The minimum absolute atomic E-state index is 0.948. The molecule has 0 bridgehead atoms. The van der Waals surface area contributed by atoms with E-state index < -0.39 is 0 Å². The van der Waals surface area contributed by atoms with Crippen LogP contribution in [0.15, 0.2) is 140 Å². The van der Waals surface area contributed by atoms with Crippen LogP contribution in [0, 0.1) is 0 Å². The first-order valence-corrected chi connectivity index (χ1v) is 14.5. The number of fused-ring (bicyclic) bond motifs is 13. The number of aromatic nitrogens is 5. The van der Waals surface area contributed by atoms with E-state index in [9.17, 15) is 0 Å². The summed E-state index contributed by atoms with van der Waals surface area (Å²) in [6.45, 7) is 0. The Morgan fingerprint density at radius 1 is 0.465 bits per heavy atom. The molecule has 0 unspecified atom stereocenters. The maximum atomic E-state index is 4.73. The van der Waals surface area contributed by atoms with Crippen molar-refractivity contribution in [3.05, 3.63) is 140 Å². The van der Waals surface area contributed by atoms with Crippen LogP contribution in [0.25, 0.3) is 82.3 Å². The van der Waals surface area contributed by atoms with E-state index in [-0.39, 0.29) is 0 Å². The van der Waals surface area contributed by atoms with Crippen LogP contribution in [0.2, 0.25) is 0 Å². The van der Waals surface area contributed by atoms with Crippen LogP contribution in [0.3, 0.4) is 0 Å². The zero-order valence-corrected chi connectivity index (χ0v) is 23.0. The molecule has 0 aliphatic carbocycles. The largest absolute Gasteiger partial charge is 0.309 e. The minimum atomic E-state index is 0.948. The van der Waals surface area contributed by atoms with E-state index >= 15 is 0 Å². The lowest BCUT2D eigenvalue weighted by Gasteiger charge is -2.11. The summed E-state index contributed by atoms with van der Waals surface area (Å²) in [5.41, 5.74) is 9.13. The number of nitrogens with zero attached hydrogens (tertiary/aromatic N) is 5. The van der Waals surface area contributed by atoms with Crippen LogP contribution in [0.5, 0.6) is 0 Å².